The Bertz CT molecular complexity index is 3890. The average molecular weight is 1030 g/mol. The van der Waals surface area contributed by atoms with Gasteiger partial charge in [-0.05, 0) is 171 Å². The van der Waals surface area contributed by atoms with Crippen molar-refractivity contribution in [2.75, 3.05) is 9.80 Å². The summed E-state index contributed by atoms with van der Waals surface area (Å²) >= 11 is 0. The van der Waals surface area contributed by atoms with Crippen molar-refractivity contribution in [3.8, 4) is 11.1 Å². The Morgan fingerprint density at radius 2 is 0.608 bits per heavy atom. The molecule has 0 radical (unpaired) electrons. The number of hydrogen-bond acceptors (Lipinski definition) is 2. The van der Waals surface area contributed by atoms with E-state index in [-0.39, 0.29) is 21.7 Å². The molecule has 0 N–H and O–H groups in total. The molecule has 11 aromatic carbocycles. The molecule has 392 valence electrons. The monoisotopic (exact) mass is 1030 g/mol. The van der Waals surface area contributed by atoms with Gasteiger partial charge in [-0.25, -0.2) is 0 Å². The van der Waals surface area contributed by atoms with Crippen LogP contribution in [0, 0.1) is 0 Å². The molecule has 0 saturated heterocycles. The first kappa shape index (κ1) is 51.6. The second-order valence-electron chi connectivity index (χ2n) is 26.2. The van der Waals surface area contributed by atoms with Crippen LogP contribution in [0.5, 0.6) is 0 Å². The Labute approximate surface area is 470 Å². The summed E-state index contributed by atoms with van der Waals surface area (Å²) in [6.07, 6.45) is 0. The molecule has 1 aliphatic rings. The van der Waals surface area contributed by atoms with Gasteiger partial charge < -0.3 is 9.80 Å². The second kappa shape index (κ2) is 19.0. The topological polar surface area (TPSA) is 6.48 Å². The van der Waals surface area contributed by atoms with Gasteiger partial charge in [0.15, 0.2) is 0 Å². The lowest BCUT2D eigenvalue weighted by Crippen LogP contribution is -2.29. The van der Waals surface area contributed by atoms with Crippen LogP contribution < -0.4 is 9.80 Å². The molecule has 0 fully saturated rings. The fraction of sp³-hybridized carbons (Fsp3) is 0.221. The molecule has 0 aromatic heterocycles. The molecule has 0 atom stereocenters. The van der Waals surface area contributed by atoms with Gasteiger partial charge >= 0.3 is 0 Å². The lowest BCUT2D eigenvalue weighted by Gasteiger charge is -2.36. The Balaban J connectivity index is 1.19. The van der Waals surface area contributed by atoms with Crippen LogP contribution in [0.1, 0.15) is 128 Å². The largest absolute Gasteiger partial charge is 0.310 e. The van der Waals surface area contributed by atoms with Crippen molar-refractivity contribution >= 4 is 66.4 Å². The van der Waals surface area contributed by atoms with Crippen molar-refractivity contribution in [1.29, 1.82) is 0 Å². The highest BCUT2D eigenvalue weighted by atomic mass is 15.1. The number of benzene rings is 11. The predicted octanol–water partition coefficient (Wildman–Crippen LogP) is 21.6. The van der Waals surface area contributed by atoms with Crippen LogP contribution in [-0.4, -0.2) is 0 Å². The van der Waals surface area contributed by atoms with Gasteiger partial charge in [0, 0.05) is 33.8 Å². The van der Waals surface area contributed by atoms with E-state index in [2.05, 4.69) is 323 Å². The number of anilines is 6. The van der Waals surface area contributed by atoms with Crippen molar-refractivity contribution < 1.29 is 0 Å². The molecule has 2 heteroatoms. The van der Waals surface area contributed by atoms with E-state index in [9.17, 15) is 0 Å². The van der Waals surface area contributed by atoms with Gasteiger partial charge in [-0.2, -0.15) is 0 Å². The van der Waals surface area contributed by atoms with E-state index in [0.29, 0.717) is 0 Å². The van der Waals surface area contributed by atoms with Gasteiger partial charge in [-0.1, -0.05) is 247 Å². The van der Waals surface area contributed by atoms with E-state index in [4.69, 9.17) is 0 Å². The van der Waals surface area contributed by atoms with E-state index < -0.39 is 5.41 Å². The van der Waals surface area contributed by atoms with Crippen molar-refractivity contribution in [1.82, 2.24) is 0 Å². The molecule has 79 heavy (non-hydrogen) atoms. The van der Waals surface area contributed by atoms with Crippen molar-refractivity contribution in [2.24, 2.45) is 0 Å². The maximum atomic E-state index is 2.58. The lowest BCUT2D eigenvalue weighted by molar-refractivity contribution is 0.590. The van der Waals surface area contributed by atoms with Gasteiger partial charge in [0.05, 0.1) is 11.1 Å². The van der Waals surface area contributed by atoms with Gasteiger partial charge in [-0.15, -0.1) is 0 Å². The molecular weight excluding hydrogens is 953 g/mol. The third kappa shape index (κ3) is 8.81. The molecule has 0 heterocycles. The fourth-order valence-electron chi connectivity index (χ4n) is 12.7. The summed E-state index contributed by atoms with van der Waals surface area (Å²) in [5, 5.41) is 7.39. The summed E-state index contributed by atoms with van der Waals surface area (Å²) < 4.78 is 0. The third-order valence-electron chi connectivity index (χ3n) is 16.9. The molecular formula is C77H74N2. The van der Waals surface area contributed by atoms with Gasteiger partial charge in [0.2, 0.25) is 0 Å². The van der Waals surface area contributed by atoms with Crippen LogP contribution in [0.4, 0.5) is 34.1 Å². The van der Waals surface area contributed by atoms with E-state index in [1.807, 2.05) is 0 Å². The van der Waals surface area contributed by atoms with Crippen molar-refractivity contribution in [2.45, 2.75) is 110 Å². The normalized spacial score (nSPS) is 13.4. The zero-order chi connectivity index (χ0) is 55.2. The summed E-state index contributed by atoms with van der Waals surface area (Å²) in [4.78, 5) is 4.97. The second-order valence-corrected chi connectivity index (χ2v) is 26.2. The Morgan fingerprint density at radius 1 is 0.266 bits per heavy atom. The summed E-state index contributed by atoms with van der Waals surface area (Å²) in [6, 6.07) is 88.1. The van der Waals surface area contributed by atoms with Crippen LogP contribution in [-0.2, 0) is 27.1 Å². The highest BCUT2D eigenvalue weighted by Crippen LogP contribution is 2.63. The minimum atomic E-state index is -0.737. The quantitative estimate of drug-likeness (QED) is 0.140. The standard InChI is InChI=1S/C77H74N2/c1-73(2,3)51-31-39-57(40-32-51)78(58-41-33-52(34-42-58)74(4,5)6)61-47-48-66-67(49-61)62-27-19-21-29-64(62)71-70-65-30-22-20-28-63(65)69(50-68(70)77(72(66)71,55-23-15-13-16-24-55)56-25-17-14-18-26-56)79(59-43-35-53(36-44-59)75(7,8)9)60-45-37-54(38-46-60)76(10,11)12/h13-50H,1-12H3. The van der Waals surface area contributed by atoms with E-state index in [1.165, 1.54) is 88.0 Å². The van der Waals surface area contributed by atoms with E-state index in [0.717, 1.165) is 34.1 Å². The molecule has 11 aromatic rings. The maximum absolute atomic E-state index is 2.58. The Kier molecular flexibility index (Phi) is 12.4. The van der Waals surface area contributed by atoms with Crippen LogP contribution >= 0.6 is 0 Å². The number of hydrogen-bond donors (Lipinski definition) is 0. The molecule has 0 unspecified atom stereocenters. The summed E-state index contributed by atoms with van der Waals surface area (Å²) in [7, 11) is 0. The van der Waals surface area contributed by atoms with Gasteiger partial charge in [0.1, 0.15) is 0 Å². The molecule has 1 aliphatic carbocycles. The smallest absolute Gasteiger partial charge is 0.0720 e. The molecule has 0 spiro atoms. The van der Waals surface area contributed by atoms with Crippen LogP contribution in [0.3, 0.4) is 0 Å². The first-order chi connectivity index (χ1) is 37.7. The van der Waals surface area contributed by atoms with E-state index >= 15 is 0 Å². The predicted molar refractivity (Wildman–Crippen MR) is 340 cm³/mol. The molecule has 0 bridgehead atoms. The maximum Gasteiger partial charge on any atom is 0.0720 e. The zero-order valence-corrected chi connectivity index (χ0v) is 48.3. The fourth-order valence-corrected chi connectivity index (χ4v) is 12.7. The van der Waals surface area contributed by atoms with Crippen molar-refractivity contribution in [3.05, 3.63) is 275 Å². The highest BCUT2D eigenvalue weighted by molar-refractivity contribution is 6.24. The van der Waals surface area contributed by atoms with E-state index in [1.54, 1.807) is 0 Å². The summed E-state index contributed by atoms with van der Waals surface area (Å²) in [5.74, 6) is 0. The molecule has 0 aliphatic heterocycles. The first-order valence-electron chi connectivity index (χ1n) is 28.4. The third-order valence-corrected chi connectivity index (χ3v) is 16.9. The Hall–Kier alpha value is -8.20. The molecule has 12 rings (SSSR count). The average Bonchev–Trinajstić information content (AvgIpc) is 2.09. The van der Waals surface area contributed by atoms with Crippen LogP contribution in [0.2, 0.25) is 0 Å². The highest BCUT2D eigenvalue weighted by Gasteiger charge is 2.49. The number of nitrogens with zero attached hydrogens (tertiary/aromatic N) is 2. The van der Waals surface area contributed by atoms with Crippen LogP contribution in [0.15, 0.2) is 231 Å². The molecule has 0 amide bonds. The minimum absolute atomic E-state index is 0.00866. The summed E-state index contributed by atoms with van der Waals surface area (Å²) in [5.41, 5.74) is 19.0. The van der Waals surface area contributed by atoms with Gasteiger partial charge in [0.25, 0.3) is 0 Å². The number of fused-ring (bicyclic) bond motifs is 10. The SMILES string of the molecule is CC(C)(C)c1ccc(N(c2ccc(C(C)(C)C)cc2)c2ccc3c4c(c5ccccc5c3c2)-c2c(cc(N(c3ccc(C(C)(C)C)cc3)c3ccc(C(C)(C)C)cc3)c3ccccc23)C4(c2ccccc2)c2ccccc2)cc1. The number of rotatable bonds is 8. The summed E-state index contributed by atoms with van der Waals surface area (Å²) in [6.45, 7) is 27.5. The van der Waals surface area contributed by atoms with Crippen molar-refractivity contribution in [3.63, 3.8) is 0 Å². The first-order valence-corrected chi connectivity index (χ1v) is 28.4. The molecule has 0 saturated carbocycles. The lowest BCUT2D eigenvalue weighted by atomic mass is 9.66. The zero-order valence-electron chi connectivity index (χ0n) is 48.3. The van der Waals surface area contributed by atoms with Gasteiger partial charge in [-0.3, -0.25) is 0 Å². The molecule has 2 nitrogen and oxygen atoms in total. The minimum Gasteiger partial charge on any atom is -0.310 e. The van der Waals surface area contributed by atoms with Crippen LogP contribution in [0.25, 0.3) is 43.4 Å². The Morgan fingerprint density at radius 3 is 1.01 bits per heavy atom.